The van der Waals surface area contributed by atoms with Gasteiger partial charge >= 0.3 is 0 Å². The number of carbonyl (C=O) groups excluding carboxylic acids is 1. The molecule has 0 spiro atoms. The number of ketones is 1. The molecular formula is C17H16N2O. The van der Waals surface area contributed by atoms with Crippen LogP contribution in [0.2, 0.25) is 0 Å². The predicted octanol–water partition coefficient (Wildman–Crippen LogP) is 3.44. The maximum atomic E-state index is 11.8. The smallest absolute Gasteiger partial charge is 0.163 e. The number of aromatic nitrogens is 2. The minimum absolute atomic E-state index is 0.0642. The first-order valence-corrected chi connectivity index (χ1v) is 6.68. The number of benzene rings is 1. The fraction of sp³-hybridized carbons (Fsp3) is 0.176. The van der Waals surface area contributed by atoms with E-state index in [4.69, 9.17) is 0 Å². The van der Waals surface area contributed by atoms with Gasteiger partial charge in [0.1, 0.15) is 0 Å². The summed E-state index contributed by atoms with van der Waals surface area (Å²) in [7, 11) is 0. The second-order valence-electron chi connectivity index (χ2n) is 5.04. The number of rotatable bonds is 3. The Labute approximate surface area is 117 Å². The van der Waals surface area contributed by atoms with Crippen LogP contribution in [0.4, 0.5) is 0 Å². The van der Waals surface area contributed by atoms with E-state index in [1.807, 2.05) is 31.3 Å². The van der Waals surface area contributed by atoms with E-state index in [9.17, 15) is 4.79 Å². The lowest BCUT2D eigenvalue weighted by atomic mass is 10.0. The quantitative estimate of drug-likeness (QED) is 0.679. The lowest BCUT2D eigenvalue weighted by Gasteiger charge is -2.03. The van der Waals surface area contributed by atoms with Gasteiger partial charge in [0.05, 0.1) is 16.8 Å². The topological polar surface area (TPSA) is 34.4 Å². The molecule has 3 rings (SSSR count). The van der Waals surface area contributed by atoms with Crippen molar-refractivity contribution in [3.63, 3.8) is 0 Å². The lowest BCUT2D eigenvalue weighted by Crippen LogP contribution is -1.95. The molecule has 0 aliphatic heterocycles. The van der Waals surface area contributed by atoms with E-state index >= 15 is 0 Å². The van der Waals surface area contributed by atoms with Crippen LogP contribution in [0.25, 0.3) is 5.52 Å². The summed E-state index contributed by atoms with van der Waals surface area (Å²) in [5.74, 6) is 0.0642. The molecule has 0 bridgehead atoms. The van der Waals surface area contributed by atoms with Gasteiger partial charge in [-0.2, -0.15) is 5.10 Å². The van der Waals surface area contributed by atoms with Crippen molar-refractivity contribution in [1.29, 1.82) is 0 Å². The fourth-order valence-electron chi connectivity index (χ4n) is 2.58. The molecular weight excluding hydrogens is 248 g/mol. The normalized spacial score (nSPS) is 10.9. The number of hydrogen-bond donors (Lipinski definition) is 0. The van der Waals surface area contributed by atoms with E-state index in [2.05, 4.69) is 29.4 Å². The van der Waals surface area contributed by atoms with Gasteiger partial charge in [-0.1, -0.05) is 30.3 Å². The molecule has 0 saturated heterocycles. The monoisotopic (exact) mass is 264 g/mol. The Hall–Kier alpha value is -2.42. The summed E-state index contributed by atoms with van der Waals surface area (Å²) in [6.07, 6.45) is 2.78. The van der Waals surface area contributed by atoms with Crippen molar-refractivity contribution in [2.75, 3.05) is 0 Å². The van der Waals surface area contributed by atoms with Crippen molar-refractivity contribution in [1.82, 2.24) is 9.61 Å². The summed E-state index contributed by atoms with van der Waals surface area (Å²) in [5.41, 5.74) is 4.85. The van der Waals surface area contributed by atoms with Gasteiger partial charge in [-0.3, -0.25) is 4.79 Å². The summed E-state index contributed by atoms with van der Waals surface area (Å²) < 4.78 is 1.78. The molecule has 0 radical (unpaired) electrons. The first kappa shape index (κ1) is 12.6. The molecule has 0 N–H and O–H groups in total. The van der Waals surface area contributed by atoms with E-state index < -0.39 is 0 Å². The number of nitrogens with zero attached hydrogens (tertiary/aromatic N) is 2. The number of hydrogen-bond acceptors (Lipinski definition) is 2. The molecule has 20 heavy (non-hydrogen) atoms. The van der Waals surface area contributed by atoms with Crippen molar-refractivity contribution >= 4 is 11.3 Å². The Kier molecular flexibility index (Phi) is 3.11. The molecule has 0 aliphatic carbocycles. The third kappa shape index (κ3) is 2.23. The van der Waals surface area contributed by atoms with Crippen LogP contribution in [0.5, 0.6) is 0 Å². The average molecular weight is 264 g/mol. The zero-order valence-electron chi connectivity index (χ0n) is 11.6. The molecule has 3 aromatic rings. The van der Waals surface area contributed by atoms with Crippen LogP contribution in [-0.4, -0.2) is 15.4 Å². The predicted molar refractivity (Wildman–Crippen MR) is 79.2 cm³/mol. The number of pyridine rings is 1. The zero-order valence-corrected chi connectivity index (χ0v) is 11.6. The molecule has 0 unspecified atom stereocenters. The lowest BCUT2D eigenvalue weighted by molar-refractivity contribution is 0.101. The van der Waals surface area contributed by atoms with Gasteiger partial charge in [-0.15, -0.1) is 0 Å². The van der Waals surface area contributed by atoms with Gasteiger partial charge in [0.2, 0.25) is 0 Å². The van der Waals surface area contributed by atoms with Crippen molar-refractivity contribution in [3.05, 3.63) is 71.0 Å². The first-order chi connectivity index (χ1) is 9.65. The van der Waals surface area contributed by atoms with E-state index in [1.165, 1.54) is 11.1 Å². The van der Waals surface area contributed by atoms with Crippen molar-refractivity contribution in [2.24, 2.45) is 0 Å². The molecule has 0 amide bonds. The Morgan fingerprint density at radius 3 is 2.60 bits per heavy atom. The van der Waals surface area contributed by atoms with Gasteiger partial charge in [0.15, 0.2) is 5.78 Å². The Balaban J connectivity index is 2.06. The van der Waals surface area contributed by atoms with Crippen LogP contribution in [-0.2, 0) is 6.42 Å². The molecule has 0 atom stereocenters. The van der Waals surface area contributed by atoms with Gasteiger partial charge < -0.3 is 0 Å². The maximum Gasteiger partial charge on any atom is 0.163 e. The molecule has 2 heterocycles. The van der Waals surface area contributed by atoms with Crippen LogP contribution in [0.15, 0.2) is 48.7 Å². The highest BCUT2D eigenvalue weighted by Crippen LogP contribution is 2.19. The first-order valence-electron chi connectivity index (χ1n) is 6.68. The van der Waals surface area contributed by atoms with Gasteiger partial charge in [-0.05, 0) is 43.5 Å². The zero-order chi connectivity index (χ0) is 14.1. The highest BCUT2D eigenvalue weighted by atomic mass is 16.1. The number of aryl methyl sites for hydroxylation is 1. The number of carbonyl (C=O) groups is 1. The summed E-state index contributed by atoms with van der Waals surface area (Å²) in [6, 6.07) is 14.4. The van der Waals surface area contributed by atoms with Crippen LogP contribution < -0.4 is 0 Å². The SMILES string of the molecule is CC(=O)c1c(C)nn2ccc(Cc3ccccc3)cc12. The highest BCUT2D eigenvalue weighted by molar-refractivity contribution is 6.01. The summed E-state index contributed by atoms with van der Waals surface area (Å²) in [5, 5.41) is 4.38. The maximum absolute atomic E-state index is 11.8. The second-order valence-corrected chi connectivity index (χ2v) is 5.04. The minimum atomic E-state index is 0.0642. The standard InChI is InChI=1S/C17H16N2O/c1-12-17(13(2)20)16-11-15(8-9-19(16)18-12)10-14-6-4-3-5-7-14/h3-9,11H,10H2,1-2H3. The molecule has 0 aliphatic rings. The van der Waals surface area contributed by atoms with Crippen molar-refractivity contribution in [3.8, 4) is 0 Å². The van der Waals surface area contributed by atoms with Crippen LogP contribution in [0, 0.1) is 6.92 Å². The summed E-state index contributed by atoms with van der Waals surface area (Å²) >= 11 is 0. The third-order valence-electron chi connectivity index (χ3n) is 3.48. The molecule has 3 nitrogen and oxygen atoms in total. The highest BCUT2D eigenvalue weighted by Gasteiger charge is 2.13. The second kappa shape index (κ2) is 4.93. The van der Waals surface area contributed by atoms with E-state index in [0.29, 0.717) is 0 Å². The molecule has 1 aromatic carbocycles. The van der Waals surface area contributed by atoms with Gasteiger partial charge in [0, 0.05) is 6.20 Å². The fourth-order valence-corrected chi connectivity index (χ4v) is 2.58. The molecule has 3 heteroatoms. The number of fused-ring (bicyclic) bond motifs is 1. The molecule has 100 valence electrons. The average Bonchev–Trinajstić information content (AvgIpc) is 2.75. The van der Waals surface area contributed by atoms with Crippen LogP contribution in [0.3, 0.4) is 0 Å². The van der Waals surface area contributed by atoms with Crippen LogP contribution in [0.1, 0.15) is 34.1 Å². The van der Waals surface area contributed by atoms with Crippen molar-refractivity contribution < 1.29 is 4.79 Å². The molecule has 2 aromatic heterocycles. The number of Topliss-reactive ketones (excluding diaryl/α,β-unsaturated/α-hetero) is 1. The molecule has 0 fully saturated rings. The summed E-state index contributed by atoms with van der Waals surface area (Å²) in [6.45, 7) is 3.47. The largest absolute Gasteiger partial charge is 0.294 e. The van der Waals surface area contributed by atoms with Crippen LogP contribution >= 0.6 is 0 Å². The van der Waals surface area contributed by atoms with E-state index in [0.717, 1.165) is 23.2 Å². The van der Waals surface area contributed by atoms with Gasteiger partial charge in [0.25, 0.3) is 0 Å². The summed E-state index contributed by atoms with van der Waals surface area (Å²) in [4.78, 5) is 11.8. The van der Waals surface area contributed by atoms with E-state index in [1.54, 1.807) is 11.4 Å². The van der Waals surface area contributed by atoms with Gasteiger partial charge in [-0.25, -0.2) is 4.52 Å². The Bertz CT molecular complexity index is 772. The minimum Gasteiger partial charge on any atom is -0.294 e. The Morgan fingerprint density at radius 1 is 1.15 bits per heavy atom. The van der Waals surface area contributed by atoms with E-state index in [-0.39, 0.29) is 5.78 Å². The third-order valence-corrected chi connectivity index (χ3v) is 3.48. The van der Waals surface area contributed by atoms with Crippen molar-refractivity contribution in [2.45, 2.75) is 20.3 Å². The Morgan fingerprint density at radius 2 is 1.90 bits per heavy atom. The molecule has 0 saturated carbocycles.